The third-order valence-corrected chi connectivity index (χ3v) is 6.78. The molecule has 0 aliphatic carbocycles. The molecule has 0 radical (unpaired) electrons. The van der Waals surface area contributed by atoms with E-state index >= 15 is 0 Å². The molecule has 0 aliphatic heterocycles. The molecule has 0 saturated carbocycles. The molecule has 8 heteroatoms. The van der Waals surface area contributed by atoms with Crippen LogP contribution in [0.3, 0.4) is 0 Å². The van der Waals surface area contributed by atoms with Gasteiger partial charge >= 0.3 is 5.97 Å². The van der Waals surface area contributed by atoms with Crippen LogP contribution in [0.25, 0.3) is 0 Å². The summed E-state index contributed by atoms with van der Waals surface area (Å²) in [6, 6.07) is 29.9. The molecule has 43 heavy (non-hydrogen) atoms. The van der Waals surface area contributed by atoms with Crippen LogP contribution >= 0.6 is 0 Å². The third-order valence-electron chi connectivity index (χ3n) is 6.78. The summed E-state index contributed by atoms with van der Waals surface area (Å²) in [7, 11) is 2.90. The van der Waals surface area contributed by atoms with Gasteiger partial charge in [-0.15, -0.1) is 0 Å². The second-order valence-electron chi connectivity index (χ2n) is 9.55. The van der Waals surface area contributed by atoms with Crippen molar-refractivity contribution in [1.82, 2.24) is 0 Å². The molecule has 1 N–H and O–H groups in total. The van der Waals surface area contributed by atoms with Gasteiger partial charge in [-0.3, -0.25) is 9.59 Å². The predicted octanol–water partition coefficient (Wildman–Crippen LogP) is 5.72. The first-order chi connectivity index (χ1) is 20.9. The van der Waals surface area contributed by atoms with Crippen LogP contribution < -0.4 is 19.7 Å². The first-order valence-corrected chi connectivity index (χ1v) is 13.8. The fourth-order valence-electron chi connectivity index (χ4n) is 4.54. The highest BCUT2D eigenvalue weighted by molar-refractivity contribution is 6.12. The van der Waals surface area contributed by atoms with Crippen molar-refractivity contribution in [3.63, 3.8) is 0 Å². The van der Waals surface area contributed by atoms with Crippen LogP contribution in [0.4, 0.5) is 11.4 Å². The van der Waals surface area contributed by atoms with E-state index in [1.165, 1.54) is 13.2 Å². The zero-order valence-electron chi connectivity index (χ0n) is 24.2. The summed E-state index contributed by atoms with van der Waals surface area (Å²) < 4.78 is 16.3. The van der Waals surface area contributed by atoms with Crippen molar-refractivity contribution in [3.8, 4) is 11.5 Å². The minimum atomic E-state index is -0.733. The fourth-order valence-corrected chi connectivity index (χ4v) is 4.54. The van der Waals surface area contributed by atoms with Gasteiger partial charge in [0.05, 0.1) is 20.8 Å². The van der Waals surface area contributed by atoms with E-state index in [-0.39, 0.29) is 18.3 Å². The van der Waals surface area contributed by atoms with Crippen LogP contribution in [0, 0.1) is 0 Å². The van der Waals surface area contributed by atoms with E-state index < -0.39 is 12.0 Å². The lowest BCUT2D eigenvalue weighted by Crippen LogP contribution is -2.33. The molecule has 1 amide bonds. The molecule has 0 unspecified atom stereocenters. The van der Waals surface area contributed by atoms with Gasteiger partial charge in [-0.1, -0.05) is 67.2 Å². The standard InChI is InChI=1S/C35H34N2O6/c1-4-33(38)37(27-13-10-14-29(24-27)41-2)21-22-43-28-19-17-25(18-20-28)23-32(35(40)42-3)36-31-16-9-8-15-30(31)34(39)26-11-6-5-7-12-26/h4-20,24,32,36H,1,21-23H2,2-3H3/t32-/m0/s1. The summed E-state index contributed by atoms with van der Waals surface area (Å²) in [5.74, 6) is 0.407. The van der Waals surface area contributed by atoms with Crippen molar-refractivity contribution >= 4 is 29.0 Å². The number of nitrogens with zero attached hydrogens (tertiary/aromatic N) is 1. The number of carbonyl (C=O) groups excluding carboxylic acids is 3. The summed E-state index contributed by atoms with van der Waals surface area (Å²) >= 11 is 0. The fraction of sp³-hybridized carbons (Fsp3) is 0.171. The van der Waals surface area contributed by atoms with Gasteiger partial charge < -0.3 is 24.4 Å². The van der Waals surface area contributed by atoms with Crippen molar-refractivity contribution in [2.24, 2.45) is 0 Å². The topological polar surface area (TPSA) is 94.2 Å². The SMILES string of the molecule is C=CC(=O)N(CCOc1ccc(C[C@H](Nc2ccccc2C(=O)c2ccccc2)C(=O)OC)cc1)c1cccc(OC)c1. The highest BCUT2D eigenvalue weighted by atomic mass is 16.5. The second kappa shape index (κ2) is 15.0. The van der Waals surface area contributed by atoms with E-state index in [2.05, 4.69) is 11.9 Å². The number of ketones is 1. The van der Waals surface area contributed by atoms with Gasteiger partial charge in [0.2, 0.25) is 5.91 Å². The van der Waals surface area contributed by atoms with Crippen molar-refractivity contribution < 1.29 is 28.6 Å². The third kappa shape index (κ3) is 8.10. The minimum Gasteiger partial charge on any atom is -0.497 e. The van der Waals surface area contributed by atoms with Gasteiger partial charge in [-0.05, 0) is 48.0 Å². The van der Waals surface area contributed by atoms with Crippen molar-refractivity contribution in [2.75, 3.05) is 37.6 Å². The normalized spacial score (nSPS) is 11.1. The molecule has 0 spiro atoms. The Balaban J connectivity index is 1.41. The number of para-hydroxylation sites is 1. The van der Waals surface area contributed by atoms with Crippen LogP contribution in [-0.4, -0.2) is 51.1 Å². The summed E-state index contributed by atoms with van der Waals surface area (Å²) in [6.45, 7) is 4.15. The van der Waals surface area contributed by atoms with Crippen molar-refractivity contribution in [1.29, 1.82) is 0 Å². The van der Waals surface area contributed by atoms with Crippen LogP contribution in [-0.2, 0) is 20.7 Å². The van der Waals surface area contributed by atoms with Gasteiger partial charge in [-0.2, -0.15) is 0 Å². The molecule has 0 aromatic heterocycles. The first kappa shape index (κ1) is 30.6. The monoisotopic (exact) mass is 578 g/mol. The Hall–Kier alpha value is -5.37. The largest absolute Gasteiger partial charge is 0.497 e. The quantitative estimate of drug-likeness (QED) is 0.116. The molecular formula is C35H34N2O6. The number of benzene rings is 4. The lowest BCUT2D eigenvalue weighted by molar-refractivity contribution is -0.141. The Bertz CT molecular complexity index is 1550. The number of rotatable bonds is 14. The maximum Gasteiger partial charge on any atom is 0.328 e. The van der Waals surface area contributed by atoms with Crippen LogP contribution in [0.1, 0.15) is 21.5 Å². The number of carbonyl (C=O) groups is 3. The summed E-state index contributed by atoms with van der Waals surface area (Å²) in [5.41, 5.74) is 3.10. The van der Waals surface area contributed by atoms with Gasteiger partial charge in [0.1, 0.15) is 24.1 Å². The van der Waals surface area contributed by atoms with Crippen molar-refractivity contribution in [2.45, 2.75) is 12.5 Å². The molecule has 0 aliphatic rings. The number of methoxy groups -OCH3 is 2. The predicted molar refractivity (Wildman–Crippen MR) is 167 cm³/mol. The molecule has 220 valence electrons. The summed E-state index contributed by atoms with van der Waals surface area (Å²) in [4.78, 5) is 40.0. The maximum absolute atomic E-state index is 13.2. The molecule has 8 nitrogen and oxygen atoms in total. The van der Waals surface area contributed by atoms with E-state index in [4.69, 9.17) is 14.2 Å². The molecule has 4 aromatic carbocycles. The summed E-state index contributed by atoms with van der Waals surface area (Å²) in [6.07, 6.45) is 1.58. The van der Waals surface area contributed by atoms with Crippen molar-refractivity contribution in [3.05, 3.63) is 132 Å². The molecule has 0 fully saturated rings. The number of amides is 1. The zero-order valence-corrected chi connectivity index (χ0v) is 24.2. The van der Waals surface area contributed by atoms with E-state index in [1.54, 1.807) is 54.5 Å². The Morgan fingerprint density at radius 2 is 1.58 bits per heavy atom. The van der Waals surface area contributed by atoms with E-state index in [1.807, 2.05) is 60.7 Å². The number of hydrogen-bond acceptors (Lipinski definition) is 7. The minimum absolute atomic E-state index is 0.145. The zero-order chi connectivity index (χ0) is 30.6. The smallest absolute Gasteiger partial charge is 0.328 e. The van der Waals surface area contributed by atoms with Gasteiger partial charge in [0.25, 0.3) is 0 Å². The highest BCUT2D eigenvalue weighted by Gasteiger charge is 2.23. The number of hydrogen-bond donors (Lipinski definition) is 1. The number of esters is 1. The molecule has 0 bridgehead atoms. The van der Waals surface area contributed by atoms with Crippen LogP contribution in [0.5, 0.6) is 11.5 Å². The van der Waals surface area contributed by atoms with E-state index in [9.17, 15) is 14.4 Å². The van der Waals surface area contributed by atoms with Crippen LogP contribution in [0.2, 0.25) is 0 Å². The van der Waals surface area contributed by atoms with Gasteiger partial charge in [0.15, 0.2) is 5.78 Å². The molecule has 0 saturated heterocycles. The molecule has 0 heterocycles. The second-order valence-corrected chi connectivity index (χ2v) is 9.55. The van der Waals surface area contributed by atoms with E-state index in [0.717, 1.165) is 5.56 Å². The average Bonchev–Trinajstić information content (AvgIpc) is 3.06. The molecule has 1 atom stereocenters. The molecule has 4 aromatic rings. The number of ether oxygens (including phenoxy) is 3. The number of nitrogens with one attached hydrogen (secondary N) is 1. The Kier molecular flexibility index (Phi) is 10.7. The highest BCUT2D eigenvalue weighted by Crippen LogP contribution is 2.23. The maximum atomic E-state index is 13.2. The molecule has 4 rings (SSSR count). The Morgan fingerprint density at radius 1 is 0.860 bits per heavy atom. The molecular weight excluding hydrogens is 544 g/mol. The Labute approximate surface area is 251 Å². The lowest BCUT2D eigenvalue weighted by Gasteiger charge is -2.22. The number of anilines is 2. The van der Waals surface area contributed by atoms with Crippen LogP contribution in [0.15, 0.2) is 116 Å². The average molecular weight is 579 g/mol. The first-order valence-electron chi connectivity index (χ1n) is 13.8. The van der Waals surface area contributed by atoms with E-state index in [0.29, 0.717) is 47.0 Å². The van der Waals surface area contributed by atoms with Gasteiger partial charge in [-0.25, -0.2) is 4.79 Å². The van der Waals surface area contributed by atoms with Gasteiger partial charge in [0, 0.05) is 35.0 Å². The Morgan fingerprint density at radius 3 is 2.28 bits per heavy atom. The lowest BCUT2D eigenvalue weighted by atomic mass is 10.00. The summed E-state index contributed by atoms with van der Waals surface area (Å²) in [5, 5.41) is 3.22.